The highest BCUT2D eigenvalue weighted by molar-refractivity contribution is 6.09. The zero-order chi connectivity index (χ0) is 25.3. The first-order valence-electron chi connectivity index (χ1n) is 11.8. The van der Waals surface area contributed by atoms with Crippen LogP contribution in [0.2, 0.25) is 0 Å². The Balaban J connectivity index is 1.55. The predicted molar refractivity (Wildman–Crippen MR) is 135 cm³/mol. The fraction of sp³-hybridized carbons (Fsp3) is 0.259. The molecule has 1 aromatic heterocycles. The molecule has 0 radical (unpaired) electrons. The Kier molecular flexibility index (Phi) is 6.40. The van der Waals surface area contributed by atoms with Gasteiger partial charge in [-0.15, -0.1) is 0 Å². The number of aromatic amines is 1. The van der Waals surface area contributed by atoms with Gasteiger partial charge in [0.05, 0.1) is 16.8 Å². The van der Waals surface area contributed by atoms with Crippen molar-refractivity contribution in [1.82, 2.24) is 15.1 Å². The maximum atomic E-state index is 13.6. The maximum absolute atomic E-state index is 13.6. The number of nitrogens with zero attached hydrogens (tertiary/aromatic N) is 2. The molecule has 3 N–H and O–H groups in total. The fourth-order valence-electron chi connectivity index (χ4n) is 4.76. The number of para-hydroxylation sites is 1. The van der Waals surface area contributed by atoms with Gasteiger partial charge < -0.3 is 15.5 Å². The highest BCUT2D eigenvalue weighted by Crippen LogP contribution is 2.40. The average molecular weight is 494 g/mol. The second kappa shape index (κ2) is 9.66. The van der Waals surface area contributed by atoms with Crippen LogP contribution in [0.4, 0.5) is 30.4 Å². The summed E-state index contributed by atoms with van der Waals surface area (Å²) < 4.78 is 40.7. The Labute approximate surface area is 206 Å². The first-order valence-corrected chi connectivity index (χ1v) is 11.8. The third-order valence-corrected chi connectivity index (χ3v) is 6.63. The number of anilines is 3. The van der Waals surface area contributed by atoms with Crippen LogP contribution in [0, 0.1) is 0 Å². The van der Waals surface area contributed by atoms with Crippen molar-refractivity contribution in [3.05, 3.63) is 83.4 Å². The number of H-pyrrole nitrogens is 1. The number of alkyl halides is 3. The summed E-state index contributed by atoms with van der Waals surface area (Å²) in [5.41, 5.74) is 1.88. The number of hydrogen-bond acceptors (Lipinski definition) is 4. The van der Waals surface area contributed by atoms with E-state index in [2.05, 4.69) is 32.8 Å². The van der Waals surface area contributed by atoms with Crippen molar-refractivity contribution in [3.63, 3.8) is 0 Å². The van der Waals surface area contributed by atoms with Crippen LogP contribution >= 0.6 is 0 Å². The molecule has 1 amide bonds. The van der Waals surface area contributed by atoms with E-state index in [1.807, 2.05) is 12.1 Å². The Morgan fingerprint density at radius 1 is 1.03 bits per heavy atom. The Bertz CT molecular complexity index is 1380. The zero-order valence-electron chi connectivity index (χ0n) is 19.7. The average Bonchev–Trinajstić information content (AvgIpc) is 3.27. The lowest BCUT2D eigenvalue weighted by molar-refractivity contribution is -0.136. The molecule has 1 aliphatic heterocycles. The van der Waals surface area contributed by atoms with Crippen LogP contribution in [-0.2, 0) is 6.18 Å². The van der Waals surface area contributed by atoms with Gasteiger partial charge >= 0.3 is 6.18 Å². The smallest absolute Gasteiger partial charge is 0.355 e. The summed E-state index contributed by atoms with van der Waals surface area (Å²) in [4.78, 5) is 15.1. The van der Waals surface area contributed by atoms with Gasteiger partial charge in [-0.2, -0.15) is 18.3 Å². The molecule has 0 saturated carbocycles. The van der Waals surface area contributed by atoms with Crippen LogP contribution in [0.25, 0.3) is 10.9 Å². The molecule has 186 valence electrons. The number of amides is 1. The summed E-state index contributed by atoms with van der Waals surface area (Å²) in [6.45, 7) is 1.81. The van der Waals surface area contributed by atoms with Crippen LogP contribution in [-0.4, -0.2) is 41.1 Å². The van der Waals surface area contributed by atoms with E-state index in [-0.39, 0.29) is 17.5 Å². The number of hydrogen-bond donors (Lipinski definition) is 3. The monoisotopic (exact) mass is 493 g/mol. The van der Waals surface area contributed by atoms with E-state index in [1.54, 1.807) is 36.4 Å². The van der Waals surface area contributed by atoms with E-state index >= 15 is 0 Å². The van der Waals surface area contributed by atoms with Gasteiger partial charge in [-0.25, -0.2) is 0 Å². The van der Waals surface area contributed by atoms with Gasteiger partial charge in [0.25, 0.3) is 5.91 Å². The topological polar surface area (TPSA) is 73.1 Å². The van der Waals surface area contributed by atoms with Gasteiger partial charge in [0, 0.05) is 16.6 Å². The first-order chi connectivity index (χ1) is 17.3. The van der Waals surface area contributed by atoms with Crippen molar-refractivity contribution in [1.29, 1.82) is 0 Å². The zero-order valence-corrected chi connectivity index (χ0v) is 19.7. The van der Waals surface area contributed by atoms with Gasteiger partial charge in [-0.1, -0.05) is 30.3 Å². The molecule has 0 bridgehead atoms. The molecular weight excluding hydrogens is 467 g/mol. The molecule has 0 spiro atoms. The van der Waals surface area contributed by atoms with E-state index in [0.29, 0.717) is 22.6 Å². The molecular formula is C27H26F3N5O. The molecule has 3 aromatic carbocycles. The summed E-state index contributed by atoms with van der Waals surface area (Å²) in [6.07, 6.45) is -2.69. The largest absolute Gasteiger partial charge is 0.418 e. The Hall–Kier alpha value is -3.85. The number of carbonyl (C=O) groups is 1. The number of benzene rings is 3. The summed E-state index contributed by atoms with van der Waals surface area (Å²) in [5.74, 6) is 0.308. The quantitative estimate of drug-likeness (QED) is 0.301. The van der Waals surface area contributed by atoms with E-state index in [1.165, 1.54) is 12.1 Å². The standard InChI is InChI=1S/C27H26F3N5O/c1-35-13-11-17(12-14-35)20-15-19(31-22-10-6-5-9-21(22)27(28,29)30)16-23-24(20)25(34-33-23)32-26(36)18-7-3-2-4-8-18/h2-10,15-17,31H,11-14H2,1H3,(H2,32,33,34,36). The highest BCUT2D eigenvalue weighted by Gasteiger charge is 2.33. The molecule has 4 aromatic rings. The number of halogens is 3. The van der Waals surface area contributed by atoms with Crippen LogP contribution in [0.15, 0.2) is 66.7 Å². The Morgan fingerprint density at radius 2 is 1.72 bits per heavy atom. The maximum Gasteiger partial charge on any atom is 0.418 e. The van der Waals surface area contributed by atoms with Crippen molar-refractivity contribution in [2.75, 3.05) is 30.8 Å². The van der Waals surface area contributed by atoms with Gasteiger partial charge in [-0.05, 0) is 80.9 Å². The minimum absolute atomic E-state index is 0.0178. The SMILES string of the molecule is CN1CCC(c2cc(Nc3ccccc3C(F)(F)F)cc3[nH]nc(NC(=O)c4ccccc4)c23)CC1. The van der Waals surface area contributed by atoms with Crippen molar-refractivity contribution in [3.8, 4) is 0 Å². The Morgan fingerprint density at radius 3 is 2.44 bits per heavy atom. The summed E-state index contributed by atoms with van der Waals surface area (Å²) in [7, 11) is 2.07. The van der Waals surface area contributed by atoms with Gasteiger partial charge in [0.15, 0.2) is 5.82 Å². The molecule has 5 rings (SSSR count). The van der Waals surface area contributed by atoms with E-state index < -0.39 is 11.7 Å². The molecule has 1 saturated heterocycles. The van der Waals surface area contributed by atoms with Crippen LogP contribution in [0.1, 0.15) is 40.2 Å². The number of piperidine rings is 1. The minimum atomic E-state index is -4.48. The minimum Gasteiger partial charge on any atom is -0.355 e. The number of carbonyl (C=O) groups excluding carboxylic acids is 1. The molecule has 6 nitrogen and oxygen atoms in total. The second-order valence-corrected chi connectivity index (χ2v) is 9.13. The van der Waals surface area contributed by atoms with Gasteiger partial charge in [-0.3, -0.25) is 9.89 Å². The number of aromatic nitrogens is 2. The lowest BCUT2D eigenvalue weighted by Crippen LogP contribution is -2.29. The van der Waals surface area contributed by atoms with Crippen molar-refractivity contribution >= 4 is 34.0 Å². The van der Waals surface area contributed by atoms with Crippen molar-refractivity contribution in [2.24, 2.45) is 0 Å². The van der Waals surface area contributed by atoms with E-state index in [9.17, 15) is 18.0 Å². The number of nitrogens with one attached hydrogen (secondary N) is 3. The molecule has 36 heavy (non-hydrogen) atoms. The summed E-state index contributed by atoms with van der Waals surface area (Å²) in [5, 5.41) is 14.0. The van der Waals surface area contributed by atoms with Gasteiger partial charge in [0.1, 0.15) is 0 Å². The second-order valence-electron chi connectivity index (χ2n) is 9.13. The number of likely N-dealkylation sites (tertiary alicyclic amines) is 1. The number of fused-ring (bicyclic) bond motifs is 1. The lowest BCUT2D eigenvalue weighted by atomic mass is 9.87. The van der Waals surface area contributed by atoms with E-state index in [4.69, 9.17) is 0 Å². The van der Waals surface area contributed by atoms with E-state index in [0.717, 1.165) is 42.9 Å². The normalized spacial score (nSPS) is 15.2. The third kappa shape index (κ3) is 4.92. The fourth-order valence-corrected chi connectivity index (χ4v) is 4.76. The molecule has 0 unspecified atom stereocenters. The molecule has 1 aliphatic rings. The van der Waals surface area contributed by atoms with Crippen LogP contribution in [0.5, 0.6) is 0 Å². The van der Waals surface area contributed by atoms with Crippen molar-refractivity contribution in [2.45, 2.75) is 24.9 Å². The molecule has 1 fully saturated rings. The van der Waals surface area contributed by atoms with Crippen LogP contribution in [0.3, 0.4) is 0 Å². The molecule has 0 aliphatic carbocycles. The summed E-state index contributed by atoms with van der Waals surface area (Å²) >= 11 is 0. The molecule has 0 atom stereocenters. The molecule has 9 heteroatoms. The number of rotatable bonds is 5. The molecule has 2 heterocycles. The van der Waals surface area contributed by atoms with Crippen LogP contribution < -0.4 is 10.6 Å². The lowest BCUT2D eigenvalue weighted by Gasteiger charge is -2.30. The van der Waals surface area contributed by atoms with Gasteiger partial charge in [0.2, 0.25) is 0 Å². The first kappa shape index (κ1) is 23.9. The third-order valence-electron chi connectivity index (χ3n) is 6.63. The summed E-state index contributed by atoms with van der Waals surface area (Å²) in [6, 6.07) is 17.9. The highest BCUT2D eigenvalue weighted by atomic mass is 19.4. The van der Waals surface area contributed by atoms with Crippen molar-refractivity contribution < 1.29 is 18.0 Å². The predicted octanol–water partition coefficient (Wildman–Crippen LogP) is 6.39.